The third-order valence-corrected chi connectivity index (χ3v) is 4.06. The van der Waals surface area contributed by atoms with E-state index < -0.39 is 0 Å². The van der Waals surface area contributed by atoms with Crippen molar-refractivity contribution in [3.8, 4) is 0 Å². The molecule has 2 unspecified atom stereocenters. The lowest BCUT2D eigenvalue weighted by Crippen LogP contribution is -2.16. The second-order valence-electron chi connectivity index (χ2n) is 5.15. The van der Waals surface area contributed by atoms with E-state index in [0.717, 1.165) is 0 Å². The highest BCUT2D eigenvalue weighted by Crippen LogP contribution is 2.43. The van der Waals surface area contributed by atoms with Crippen LogP contribution in [-0.4, -0.2) is 0 Å². The summed E-state index contributed by atoms with van der Waals surface area (Å²) in [6.45, 7) is 0. The molecule has 0 aromatic heterocycles. The second-order valence-corrected chi connectivity index (χ2v) is 5.15. The lowest BCUT2D eigenvalue weighted by molar-refractivity contribution is 0.386. The second kappa shape index (κ2) is 5.39. The summed E-state index contributed by atoms with van der Waals surface area (Å²) in [6.07, 6.45) is 5.29. The Bertz CT molecular complexity index is 424. The molecule has 0 nitrogen and oxygen atoms in total. The van der Waals surface area contributed by atoms with Gasteiger partial charge < -0.3 is 0 Å². The number of hydrogen-bond acceptors (Lipinski definition) is 0. The van der Waals surface area contributed by atoms with E-state index in [9.17, 15) is 0 Å². The van der Waals surface area contributed by atoms with Crippen molar-refractivity contribution in [2.45, 2.75) is 37.5 Å². The van der Waals surface area contributed by atoms with Crippen molar-refractivity contribution >= 4 is 0 Å². The Morgan fingerprint density at radius 2 is 1.78 bits per heavy atom. The minimum atomic E-state index is 0.635. The van der Waals surface area contributed by atoms with Crippen molar-refractivity contribution in [3.05, 3.63) is 71.8 Å². The molecule has 1 fully saturated rings. The third-order valence-electron chi connectivity index (χ3n) is 4.06. The number of rotatable bonds is 2. The smallest absolute Gasteiger partial charge is 0.00869 e. The van der Waals surface area contributed by atoms with Gasteiger partial charge in [-0.25, -0.2) is 0 Å². The molecule has 2 aromatic carbocycles. The van der Waals surface area contributed by atoms with Crippen LogP contribution in [0, 0.1) is 12.1 Å². The predicted molar refractivity (Wildman–Crippen MR) is 74.5 cm³/mol. The van der Waals surface area contributed by atoms with Gasteiger partial charge in [0.15, 0.2) is 0 Å². The van der Waals surface area contributed by atoms with Gasteiger partial charge in [-0.1, -0.05) is 61.4 Å². The van der Waals surface area contributed by atoms with E-state index in [1.165, 1.54) is 36.8 Å². The van der Waals surface area contributed by atoms with E-state index in [0.29, 0.717) is 11.8 Å². The summed E-state index contributed by atoms with van der Waals surface area (Å²) in [5.41, 5.74) is 2.82. The van der Waals surface area contributed by atoms with Crippen LogP contribution in [0.2, 0.25) is 0 Å². The lowest BCUT2D eigenvalue weighted by Gasteiger charge is -2.32. The molecule has 0 amide bonds. The highest BCUT2D eigenvalue weighted by atomic mass is 14.3. The van der Waals surface area contributed by atoms with Gasteiger partial charge in [0.1, 0.15) is 0 Å². The van der Waals surface area contributed by atoms with E-state index in [-0.39, 0.29) is 0 Å². The Morgan fingerprint density at radius 1 is 0.889 bits per heavy atom. The van der Waals surface area contributed by atoms with Gasteiger partial charge >= 0.3 is 0 Å². The van der Waals surface area contributed by atoms with Gasteiger partial charge in [0.05, 0.1) is 0 Å². The fourth-order valence-corrected chi connectivity index (χ4v) is 3.18. The summed E-state index contributed by atoms with van der Waals surface area (Å²) in [7, 11) is 0. The number of benzene rings is 2. The molecule has 0 heterocycles. The average Bonchev–Trinajstić information content (AvgIpc) is 2.49. The highest BCUT2D eigenvalue weighted by Gasteiger charge is 2.27. The maximum absolute atomic E-state index is 3.43. The first-order chi connectivity index (χ1) is 8.95. The topological polar surface area (TPSA) is 0 Å². The monoisotopic (exact) mass is 234 g/mol. The molecule has 1 aliphatic carbocycles. The van der Waals surface area contributed by atoms with Crippen LogP contribution in [0.3, 0.4) is 0 Å². The molecule has 0 N–H and O–H groups in total. The van der Waals surface area contributed by atoms with Gasteiger partial charge in [0.2, 0.25) is 0 Å². The summed E-state index contributed by atoms with van der Waals surface area (Å²) >= 11 is 0. The van der Waals surface area contributed by atoms with Crippen LogP contribution >= 0.6 is 0 Å². The maximum atomic E-state index is 3.43. The van der Waals surface area contributed by atoms with Gasteiger partial charge in [-0.05, 0) is 47.9 Å². The zero-order valence-corrected chi connectivity index (χ0v) is 10.6. The Hall–Kier alpha value is -1.56. The van der Waals surface area contributed by atoms with Gasteiger partial charge in [-0.2, -0.15) is 0 Å². The van der Waals surface area contributed by atoms with Crippen LogP contribution < -0.4 is 0 Å². The molecule has 1 saturated carbocycles. The van der Waals surface area contributed by atoms with Crippen LogP contribution in [0.5, 0.6) is 0 Å². The Morgan fingerprint density at radius 3 is 2.50 bits per heavy atom. The molecular weight excluding hydrogens is 216 g/mol. The van der Waals surface area contributed by atoms with E-state index in [1.807, 2.05) is 12.1 Å². The van der Waals surface area contributed by atoms with Crippen LogP contribution in [0.15, 0.2) is 48.5 Å². The molecule has 90 valence electrons. The molecule has 0 spiro atoms. The quantitative estimate of drug-likeness (QED) is 0.704. The summed E-state index contributed by atoms with van der Waals surface area (Å²) in [5.74, 6) is 1.28. The van der Waals surface area contributed by atoms with Crippen molar-refractivity contribution in [1.82, 2.24) is 0 Å². The standard InChI is InChI=1S/C18H18/c1-3-9-15(10-4-1)17-13-7-8-14-18(17)16-11-5-2-6-12-16/h1-5,9,11-12,17-18H,7-8,13-14H2. The van der Waals surface area contributed by atoms with Crippen molar-refractivity contribution in [2.75, 3.05) is 0 Å². The van der Waals surface area contributed by atoms with E-state index in [2.05, 4.69) is 48.5 Å². The van der Waals surface area contributed by atoms with Gasteiger partial charge in [0, 0.05) is 0 Å². The van der Waals surface area contributed by atoms with Crippen molar-refractivity contribution in [3.63, 3.8) is 0 Å². The van der Waals surface area contributed by atoms with Crippen molar-refractivity contribution in [2.24, 2.45) is 0 Å². The zero-order valence-electron chi connectivity index (χ0n) is 10.6. The van der Waals surface area contributed by atoms with Crippen molar-refractivity contribution < 1.29 is 0 Å². The molecule has 0 bridgehead atoms. The van der Waals surface area contributed by atoms with E-state index in [1.54, 1.807) is 0 Å². The average molecular weight is 234 g/mol. The largest absolute Gasteiger partial charge is 0.0619 e. The molecule has 1 aliphatic rings. The first-order valence-corrected chi connectivity index (χ1v) is 6.88. The highest BCUT2D eigenvalue weighted by molar-refractivity contribution is 5.28. The molecular formula is C18H18. The normalized spacial score (nSPS) is 23.8. The molecule has 2 aromatic rings. The SMILES string of the molecule is [c]1cccc(C2CCCCC2c2[c]cccc2)c1. The molecule has 0 aliphatic heterocycles. The third kappa shape index (κ3) is 2.33. The number of hydrogen-bond donors (Lipinski definition) is 0. The molecule has 0 saturated heterocycles. The molecule has 2 atom stereocenters. The summed E-state index contributed by atoms with van der Waals surface area (Å²) in [4.78, 5) is 0. The van der Waals surface area contributed by atoms with Gasteiger partial charge in [0.25, 0.3) is 0 Å². The van der Waals surface area contributed by atoms with Crippen LogP contribution in [0.1, 0.15) is 48.6 Å². The van der Waals surface area contributed by atoms with Crippen LogP contribution in [0.4, 0.5) is 0 Å². The molecule has 18 heavy (non-hydrogen) atoms. The van der Waals surface area contributed by atoms with Gasteiger partial charge in [-0.3, -0.25) is 0 Å². The molecule has 2 radical (unpaired) electrons. The lowest BCUT2D eigenvalue weighted by atomic mass is 9.72. The van der Waals surface area contributed by atoms with Gasteiger partial charge in [-0.15, -0.1) is 0 Å². The van der Waals surface area contributed by atoms with E-state index >= 15 is 0 Å². The summed E-state index contributed by atoms with van der Waals surface area (Å²) < 4.78 is 0. The fourth-order valence-electron chi connectivity index (χ4n) is 3.18. The Labute approximate surface area is 110 Å². The summed E-state index contributed by atoms with van der Waals surface area (Å²) in [6, 6.07) is 23.6. The van der Waals surface area contributed by atoms with E-state index in [4.69, 9.17) is 0 Å². The fraction of sp³-hybridized carbons (Fsp3) is 0.333. The van der Waals surface area contributed by atoms with Crippen molar-refractivity contribution in [1.29, 1.82) is 0 Å². The summed E-state index contributed by atoms with van der Waals surface area (Å²) in [5, 5.41) is 0. The maximum Gasteiger partial charge on any atom is -0.00869 e. The molecule has 3 rings (SSSR count). The first kappa shape index (κ1) is 11.5. The Kier molecular flexibility index (Phi) is 3.45. The Balaban J connectivity index is 1.92. The minimum Gasteiger partial charge on any atom is -0.0619 e. The predicted octanol–water partition coefficient (Wildman–Crippen LogP) is 4.73. The molecule has 0 heteroatoms. The first-order valence-electron chi connectivity index (χ1n) is 6.88. The zero-order chi connectivity index (χ0) is 12.2. The van der Waals surface area contributed by atoms with Crippen LogP contribution in [0.25, 0.3) is 0 Å². The minimum absolute atomic E-state index is 0.635. The van der Waals surface area contributed by atoms with Crippen LogP contribution in [-0.2, 0) is 0 Å².